The number of aliphatic hydroxyl groups is 1. The first-order valence-electron chi connectivity index (χ1n) is 14.0. The maximum atomic E-state index is 11.4. The minimum atomic E-state index is -2.16. The quantitative estimate of drug-likeness (QED) is 0.491. The molecule has 3 aromatic rings. The number of benzene rings is 3. The number of carboxylic acid groups (broad SMARTS) is 1. The van der Waals surface area contributed by atoms with Crippen LogP contribution in [0.25, 0.3) is 11.1 Å². The number of aromatic carboxylic acids is 1. The lowest BCUT2D eigenvalue weighted by atomic mass is 9.99. The number of hydrogen-bond acceptors (Lipinski definition) is 3. The predicted molar refractivity (Wildman–Crippen MR) is 116 cm³/mol. The standard InChI is InChI=1S/C25H27NO3/c1-18-6-2-11-22(14-18)24(27)17-26-13-5-8-19-7-3-9-20(15-19)21-10-4-12-23(16-21)25(28)29/h2-4,6-7,9-12,14-16,24,26-27H,5,8,13,17H2,1H3,(H,28,29)/t24-/m0/s1/i2D,3D,6D,7D,9D,11D,13D2,14D,15D. The molecule has 3 N–H and O–H groups in total. The number of rotatable bonds is 9. The summed E-state index contributed by atoms with van der Waals surface area (Å²) in [4.78, 5) is 11.4. The van der Waals surface area contributed by atoms with Crippen molar-refractivity contribution >= 4 is 5.97 Å². The van der Waals surface area contributed by atoms with E-state index in [4.69, 9.17) is 13.7 Å². The maximum absolute atomic E-state index is 11.4. The van der Waals surface area contributed by atoms with E-state index < -0.39 is 55.3 Å². The average Bonchev–Trinajstić information content (AvgIpc) is 2.88. The molecule has 29 heavy (non-hydrogen) atoms. The third-order valence-electron chi connectivity index (χ3n) is 4.10. The van der Waals surface area contributed by atoms with Gasteiger partial charge in [0.15, 0.2) is 0 Å². The fraction of sp³-hybridized carbons (Fsp3) is 0.240. The summed E-state index contributed by atoms with van der Waals surface area (Å²) in [5.41, 5.74) is 0.0162. The topological polar surface area (TPSA) is 69.6 Å². The van der Waals surface area contributed by atoms with Gasteiger partial charge in [-0.2, -0.15) is 0 Å². The molecule has 0 radical (unpaired) electrons. The van der Waals surface area contributed by atoms with Crippen molar-refractivity contribution in [3.8, 4) is 11.1 Å². The molecule has 0 fully saturated rings. The highest BCUT2D eigenvalue weighted by Gasteiger charge is 2.07. The van der Waals surface area contributed by atoms with Crippen molar-refractivity contribution in [1.29, 1.82) is 0 Å². The normalized spacial score (nSPS) is 17.3. The molecular formula is C25H27NO3. The molecule has 150 valence electrons. The van der Waals surface area contributed by atoms with Crippen LogP contribution in [0.15, 0.2) is 72.6 Å². The van der Waals surface area contributed by atoms with Crippen molar-refractivity contribution < 1.29 is 28.7 Å². The highest BCUT2D eigenvalue weighted by molar-refractivity contribution is 5.89. The van der Waals surface area contributed by atoms with E-state index in [1.165, 1.54) is 31.2 Å². The molecule has 0 spiro atoms. The second-order valence-corrected chi connectivity index (χ2v) is 6.35. The van der Waals surface area contributed by atoms with Crippen LogP contribution in [0.5, 0.6) is 0 Å². The van der Waals surface area contributed by atoms with Crippen molar-refractivity contribution in [3.05, 3.63) is 94.9 Å². The number of hydrogen-bond donors (Lipinski definition) is 3. The summed E-state index contributed by atoms with van der Waals surface area (Å²) in [5, 5.41) is 22.4. The molecular weight excluding hydrogens is 362 g/mol. The minimum absolute atomic E-state index is 0.000322. The van der Waals surface area contributed by atoms with Crippen molar-refractivity contribution in [2.75, 3.05) is 13.0 Å². The fourth-order valence-corrected chi connectivity index (χ4v) is 2.63. The first-order valence-corrected chi connectivity index (χ1v) is 9.01. The van der Waals surface area contributed by atoms with Crippen LogP contribution in [0.2, 0.25) is 0 Å². The highest BCUT2D eigenvalue weighted by Crippen LogP contribution is 2.22. The number of aliphatic hydroxyl groups excluding tert-OH is 1. The fourth-order valence-electron chi connectivity index (χ4n) is 2.63. The van der Waals surface area contributed by atoms with Crippen LogP contribution in [0.1, 0.15) is 53.3 Å². The molecule has 4 nitrogen and oxygen atoms in total. The van der Waals surface area contributed by atoms with E-state index in [1.807, 2.05) is 0 Å². The van der Waals surface area contributed by atoms with Crippen LogP contribution < -0.4 is 5.32 Å². The van der Waals surface area contributed by atoms with Crippen LogP contribution in [-0.2, 0) is 6.42 Å². The number of carboxylic acids is 1. The molecule has 1 atom stereocenters. The summed E-state index contributed by atoms with van der Waals surface area (Å²) in [6.07, 6.45) is -2.02. The summed E-state index contributed by atoms with van der Waals surface area (Å²) in [5.74, 6) is -1.21. The van der Waals surface area contributed by atoms with Crippen molar-refractivity contribution in [2.24, 2.45) is 0 Å². The van der Waals surface area contributed by atoms with Gasteiger partial charge in [0, 0.05) is 9.29 Å². The van der Waals surface area contributed by atoms with Crippen molar-refractivity contribution in [3.63, 3.8) is 0 Å². The van der Waals surface area contributed by atoms with Gasteiger partial charge >= 0.3 is 5.97 Å². The predicted octanol–water partition coefficient (Wildman–Crippen LogP) is 4.62. The van der Waals surface area contributed by atoms with Gasteiger partial charge in [0.25, 0.3) is 0 Å². The van der Waals surface area contributed by atoms with Gasteiger partial charge < -0.3 is 15.5 Å². The lowest BCUT2D eigenvalue weighted by Crippen LogP contribution is -2.22. The van der Waals surface area contributed by atoms with Gasteiger partial charge in [0.2, 0.25) is 0 Å². The van der Waals surface area contributed by atoms with Crippen LogP contribution in [0.4, 0.5) is 0 Å². The van der Waals surface area contributed by atoms with Gasteiger partial charge in [-0.15, -0.1) is 0 Å². The summed E-state index contributed by atoms with van der Waals surface area (Å²) in [6, 6.07) is 2.46. The Morgan fingerprint density at radius 3 is 2.83 bits per heavy atom. The molecule has 0 heterocycles. The van der Waals surface area contributed by atoms with E-state index in [-0.39, 0.29) is 64.3 Å². The van der Waals surface area contributed by atoms with Gasteiger partial charge in [-0.1, -0.05) is 66.0 Å². The molecule has 4 heteroatoms. The van der Waals surface area contributed by atoms with Gasteiger partial charge in [0.1, 0.15) is 0 Å². The Balaban J connectivity index is 1.85. The maximum Gasteiger partial charge on any atom is 0.335 e. The Bertz CT molecular complexity index is 1420. The van der Waals surface area contributed by atoms with Crippen molar-refractivity contribution in [2.45, 2.75) is 25.9 Å². The SMILES string of the molecule is [2H]c1c([2H])c(CCC([2H])([2H])NC[C@H](O)c2c([2H])c([2H])c([2H])c(C)c2[2H])c([2H])c(-c2cccc(C(=O)O)c2)c1[2H]. The van der Waals surface area contributed by atoms with Crippen molar-refractivity contribution in [1.82, 2.24) is 5.32 Å². The molecule has 0 aliphatic carbocycles. The highest BCUT2D eigenvalue weighted by atomic mass is 16.4. The van der Waals surface area contributed by atoms with Gasteiger partial charge in [0.05, 0.1) is 22.6 Å². The zero-order valence-electron chi connectivity index (χ0n) is 25.8. The largest absolute Gasteiger partial charge is 0.478 e. The van der Waals surface area contributed by atoms with E-state index >= 15 is 0 Å². The van der Waals surface area contributed by atoms with E-state index in [2.05, 4.69) is 5.32 Å². The van der Waals surface area contributed by atoms with Crippen LogP contribution in [-0.4, -0.2) is 29.2 Å². The van der Waals surface area contributed by atoms with Crippen LogP contribution in [0.3, 0.4) is 0 Å². The van der Waals surface area contributed by atoms with Gasteiger partial charge in [-0.3, -0.25) is 0 Å². The molecule has 0 aliphatic rings. The monoisotopic (exact) mass is 399 g/mol. The lowest BCUT2D eigenvalue weighted by molar-refractivity contribution is 0.0697. The molecule has 0 aromatic heterocycles. The summed E-state index contributed by atoms with van der Waals surface area (Å²) in [6.45, 7) is -1.16. The minimum Gasteiger partial charge on any atom is -0.478 e. The Morgan fingerprint density at radius 2 is 2.00 bits per heavy atom. The van der Waals surface area contributed by atoms with E-state index in [0.717, 1.165) is 0 Å². The first kappa shape index (κ1) is 11.3. The third-order valence-corrected chi connectivity index (χ3v) is 4.10. The van der Waals surface area contributed by atoms with Crippen LogP contribution in [0, 0.1) is 6.92 Å². The van der Waals surface area contributed by atoms with E-state index in [0.29, 0.717) is 0 Å². The molecule has 0 unspecified atom stereocenters. The summed E-state index contributed by atoms with van der Waals surface area (Å²) < 4.78 is 81.7. The molecule has 0 saturated carbocycles. The Kier molecular flexibility index (Phi) is 3.90. The Hall–Kier alpha value is -2.95. The average molecular weight is 400 g/mol. The molecule has 0 aliphatic heterocycles. The summed E-state index contributed by atoms with van der Waals surface area (Å²) >= 11 is 0. The Labute approximate surface area is 185 Å². The van der Waals surface area contributed by atoms with E-state index in [9.17, 15) is 15.0 Å². The lowest BCUT2D eigenvalue weighted by Gasteiger charge is -2.13. The molecule has 0 saturated heterocycles. The van der Waals surface area contributed by atoms with E-state index in [1.54, 1.807) is 0 Å². The molecule has 0 bridgehead atoms. The second-order valence-electron chi connectivity index (χ2n) is 6.35. The van der Waals surface area contributed by atoms with Gasteiger partial charge in [-0.05, 0) is 60.6 Å². The molecule has 3 aromatic carbocycles. The first-order chi connectivity index (χ1) is 18.1. The zero-order chi connectivity index (χ0) is 29.4. The number of nitrogens with one attached hydrogen (secondary N) is 1. The zero-order valence-corrected chi connectivity index (χ0v) is 15.8. The van der Waals surface area contributed by atoms with Gasteiger partial charge in [-0.25, -0.2) is 4.79 Å². The second kappa shape index (κ2) is 10.0. The third kappa shape index (κ3) is 6.01. The molecule has 3 rings (SSSR count). The Morgan fingerprint density at radius 1 is 1.17 bits per heavy atom. The summed E-state index contributed by atoms with van der Waals surface area (Å²) in [7, 11) is 0. The molecule has 0 amide bonds. The van der Waals surface area contributed by atoms with Crippen LogP contribution >= 0.6 is 0 Å². The number of carbonyl (C=O) groups is 1. The smallest absolute Gasteiger partial charge is 0.335 e.